The summed E-state index contributed by atoms with van der Waals surface area (Å²) in [7, 11) is 0. The molecule has 1 aliphatic heterocycles. The van der Waals surface area contributed by atoms with Crippen LogP contribution in [0.5, 0.6) is 0 Å². The number of benzene rings is 1. The van der Waals surface area contributed by atoms with Crippen molar-refractivity contribution in [1.82, 2.24) is 4.90 Å². The maximum absolute atomic E-state index is 11.4. The van der Waals surface area contributed by atoms with E-state index in [1.54, 1.807) is 0 Å². The fourth-order valence-electron chi connectivity index (χ4n) is 6.69. The summed E-state index contributed by atoms with van der Waals surface area (Å²) in [5.74, 6) is 3.05. The van der Waals surface area contributed by atoms with Gasteiger partial charge in [0.25, 0.3) is 0 Å². The first-order valence-electron chi connectivity index (χ1n) is 10.3. The average Bonchev–Trinajstić information content (AvgIpc) is 3.31. The molecule has 0 N–H and O–H groups in total. The van der Waals surface area contributed by atoms with Crippen molar-refractivity contribution in [3.63, 3.8) is 0 Å². The van der Waals surface area contributed by atoms with E-state index in [0.717, 1.165) is 24.2 Å². The second-order valence-corrected chi connectivity index (χ2v) is 9.43. The number of nitrogens with zero attached hydrogens (tertiary/aromatic N) is 2. The van der Waals surface area contributed by atoms with E-state index in [4.69, 9.17) is 0 Å². The zero-order chi connectivity index (χ0) is 17.0. The smallest absolute Gasteiger partial charge is 0.118 e. The first-order valence-corrected chi connectivity index (χ1v) is 10.3. The van der Waals surface area contributed by atoms with Gasteiger partial charge in [0.05, 0.1) is 0 Å². The largest absolute Gasteiger partial charge is 0.303 e. The molecule has 2 bridgehead atoms. The van der Waals surface area contributed by atoms with E-state index in [1.165, 1.54) is 74.8 Å². The minimum Gasteiger partial charge on any atom is -0.303 e. The fourth-order valence-corrected chi connectivity index (χ4v) is 6.69. The third-order valence-electron chi connectivity index (χ3n) is 8.04. The monoisotopic (exact) mass is 338 g/mol. The summed E-state index contributed by atoms with van der Waals surface area (Å²) in [6.45, 7) is 5.85. The van der Waals surface area contributed by atoms with Crippen molar-refractivity contribution in [2.24, 2.45) is 22.9 Å². The maximum atomic E-state index is 11.4. The Morgan fingerprint density at radius 1 is 1.20 bits per heavy atom. The molecule has 1 aromatic rings. The van der Waals surface area contributed by atoms with Gasteiger partial charge in [-0.1, -0.05) is 35.4 Å². The van der Waals surface area contributed by atoms with Gasteiger partial charge in [0, 0.05) is 12.0 Å². The Bertz CT molecular complexity index is 677. The van der Waals surface area contributed by atoms with E-state index >= 15 is 0 Å². The first kappa shape index (κ1) is 16.0. The second-order valence-electron chi connectivity index (χ2n) is 9.43. The summed E-state index contributed by atoms with van der Waals surface area (Å²) in [5.41, 5.74) is 4.12. The number of aryl methyl sites for hydroxylation is 1. The Morgan fingerprint density at radius 2 is 2.04 bits per heavy atom. The van der Waals surface area contributed by atoms with Crippen LogP contribution in [0.3, 0.4) is 0 Å². The predicted octanol–water partition coefficient (Wildman–Crippen LogP) is 4.98. The first-order chi connectivity index (χ1) is 12.2. The number of hydrogen-bond acceptors (Lipinski definition) is 3. The van der Waals surface area contributed by atoms with E-state index in [-0.39, 0.29) is 11.5 Å². The van der Waals surface area contributed by atoms with Crippen LogP contribution in [0.1, 0.15) is 67.7 Å². The Kier molecular flexibility index (Phi) is 3.78. The molecule has 0 radical (unpaired) electrons. The van der Waals surface area contributed by atoms with Gasteiger partial charge >= 0.3 is 0 Å². The molecule has 2 saturated carbocycles. The van der Waals surface area contributed by atoms with Crippen LogP contribution in [0.25, 0.3) is 0 Å². The molecule has 1 heterocycles. The lowest BCUT2D eigenvalue weighted by Crippen LogP contribution is -2.44. The van der Waals surface area contributed by atoms with Gasteiger partial charge in [-0.2, -0.15) is 4.91 Å². The zero-order valence-electron chi connectivity index (χ0n) is 15.4. The second kappa shape index (κ2) is 5.90. The van der Waals surface area contributed by atoms with Gasteiger partial charge < -0.3 is 4.90 Å². The molecule has 4 atom stereocenters. The van der Waals surface area contributed by atoms with Crippen molar-refractivity contribution in [2.45, 2.75) is 63.3 Å². The molecule has 0 amide bonds. The Labute approximate surface area is 151 Å². The molecular weight excluding hydrogens is 308 g/mol. The summed E-state index contributed by atoms with van der Waals surface area (Å²) in [5, 5.41) is 3.48. The van der Waals surface area contributed by atoms with Crippen LogP contribution >= 0.6 is 0 Å². The minimum atomic E-state index is -0.119. The zero-order valence-corrected chi connectivity index (χ0v) is 15.4. The van der Waals surface area contributed by atoms with Crippen molar-refractivity contribution in [2.75, 3.05) is 19.6 Å². The number of nitroso groups, excluding NO2 is 1. The Hall–Kier alpha value is -1.22. The molecule has 3 fully saturated rings. The molecule has 0 aromatic heterocycles. The summed E-state index contributed by atoms with van der Waals surface area (Å²) in [6, 6.07) is 6.60. The summed E-state index contributed by atoms with van der Waals surface area (Å²) in [4.78, 5) is 14.1. The van der Waals surface area contributed by atoms with Crippen LogP contribution in [0.4, 0.5) is 0 Å². The highest BCUT2D eigenvalue weighted by molar-refractivity contribution is 5.45. The number of hydrogen-bond donors (Lipinski definition) is 0. The van der Waals surface area contributed by atoms with Crippen LogP contribution in [0, 0.1) is 29.6 Å². The van der Waals surface area contributed by atoms with Crippen LogP contribution in [-0.2, 0) is 5.41 Å². The van der Waals surface area contributed by atoms with Gasteiger partial charge in [-0.25, -0.2) is 0 Å². The lowest BCUT2D eigenvalue weighted by atomic mass is 9.73. The van der Waals surface area contributed by atoms with Crippen molar-refractivity contribution in [3.8, 4) is 0 Å². The van der Waals surface area contributed by atoms with Gasteiger partial charge in [0.2, 0.25) is 0 Å². The summed E-state index contributed by atoms with van der Waals surface area (Å²) < 4.78 is 0. The summed E-state index contributed by atoms with van der Waals surface area (Å²) in [6.07, 6.45) is 9.35. The van der Waals surface area contributed by atoms with Crippen molar-refractivity contribution in [3.05, 3.63) is 39.8 Å². The highest BCUT2D eigenvalue weighted by atomic mass is 16.3. The van der Waals surface area contributed by atoms with Crippen molar-refractivity contribution < 1.29 is 0 Å². The predicted molar refractivity (Wildman–Crippen MR) is 101 cm³/mol. The van der Waals surface area contributed by atoms with E-state index < -0.39 is 0 Å². The average molecular weight is 338 g/mol. The van der Waals surface area contributed by atoms with Gasteiger partial charge in [0.15, 0.2) is 0 Å². The molecule has 25 heavy (non-hydrogen) atoms. The van der Waals surface area contributed by atoms with Gasteiger partial charge in [-0.3, -0.25) is 0 Å². The molecule has 3 unspecified atom stereocenters. The number of piperidine rings is 1. The number of fused-ring (bicyclic) bond motifs is 4. The Balaban J connectivity index is 1.29. The van der Waals surface area contributed by atoms with E-state index in [9.17, 15) is 4.91 Å². The lowest BCUT2D eigenvalue weighted by molar-refractivity contribution is 0.121. The Morgan fingerprint density at radius 3 is 2.72 bits per heavy atom. The third-order valence-corrected chi connectivity index (χ3v) is 8.04. The molecule has 4 aliphatic rings. The third kappa shape index (κ3) is 2.58. The normalized spacial score (nSPS) is 36.0. The molecule has 3 aliphatic carbocycles. The molecule has 134 valence electrons. The molecule has 1 aromatic carbocycles. The van der Waals surface area contributed by atoms with Gasteiger partial charge in [-0.05, 0) is 87.4 Å². The minimum absolute atomic E-state index is 0.119. The molecule has 3 nitrogen and oxygen atoms in total. The lowest BCUT2D eigenvalue weighted by Gasteiger charge is -2.41. The topological polar surface area (TPSA) is 32.7 Å². The van der Waals surface area contributed by atoms with Crippen LogP contribution in [0.15, 0.2) is 23.4 Å². The maximum Gasteiger partial charge on any atom is 0.118 e. The highest BCUT2D eigenvalue weighted by Gasteiger charge is 2.47. The fraction of sp³-hybridized carbons (Fsp3) is 0.727. The SMILES string of the molecule is Cc1ccc2c(c1)C(N=O)CC21CCN(CC2C[C@H]3CCC2C3)CC1. The van der Waals surface area contributed by atoms with Crippen LogP contribution in [-0.4, -0.2) is 24.5 Å². The number of likely N-dealkylation sites (tertiary alicyclic amines) is 1. The van der Waals surface area contributed by atoms with Crippen LogP contribution in [0.2, 0.25) is 0 Å². The summed E-state index contributed by atoms with van der Waals surface area (Å²) >= 11 is 0. The molecule has 3 heteroatoms. The van der Waals surface area contributed by atoms with Gasteiger partial charge in [-0.15, -0.1) is 0 Å². The van der Waals surface area contributed by atoms with Crippen LogP contribution < -0.4 is 0 Å². The molecule has 1 saturated heterocycles. The van der Waals surface area contributed by atoms with E-state index in [1.807, 2.05) is 0 Å². The molecular formula is C22H30N2O. The molecule has 5 rings (SSSR count). The van der Waals surface area contributed by atoms with Crippen molar-refractivity contribution >= 4 is 0 Å². The van der Waals surface area contributed by atoms with Gasteiger partial charge in [0.1, 0.15) is 6.04 Å². The van der Waals surface area contributed by atoms with Crippen molar-refractivity contribution in [1.29, 1.82) is 0 Å². The standard InChI is InChI=1S/C22H30N2O/c1-15-2-5-20-19(10-15)21(23-25)13-22(20)6-8-24(9-7-22)14-18-12-16-3-4-17(18)11-16/h2,5,10,16-18,21H,3-4,6-9,11-14H2,1H3/t16-,17?,18?,21?/m0/s1. The van der Waals surface area contributed by atoms with E-state index in [0.29, 0.717) is 0 Å². The quantitative estimate of drug-likeness (QED) is 0.728. The number of rotatable bonds is 3. The molecule has 1 spiro atoms. The van der Waals surface area contributed by atoms with E-state index in [2.05, 4.69) is 35.2 Å². The highest BCUT2D eigenvalue weighted by Crippen LogP contribution is 2.53.